The number of amides is 1. The number of methoxy groups -OCH3 is 1. The van der Waals surface area contributed by atoms with E-state index >= 15 is 0 Å². The first-order valence-electron chi connectivity index (χ1n) is 5.50. The molecule has 0 aromatic heterocycles. The van der Waals surface area contributed by atoms with Crippen molar-refractivity contribution in [2.45, 2.75) is 13.8 Å². The molecule has 0 saturated carbocycles. The van der Waals surface area contributed by atoms with Crippen LogP contribution in [0.15, 0.2) is 0 Å². The summed E-state index contributed by atoms with van der Waals surface area (Å²) in [5.41, 5.74) is 0. The van der Waals surface area contributed by atoms with Gasteiger partial charge in [-0.3, -0.25) is 4.79 Å². The Bertz CT molecular complexity index is 327. The maximum Gasteiger partial charge on any atom is 0.222 e. The molecule has 0 aliphatic heterocycles. The summed E-state index contributed by atoms with van der Waals surface area (Å²) >= 11 is 0. The lowest BCUT2D eigenvalue weighted by Crippen LogP contribution is -2.40. The zero-order chi connectivity index (χ0) is 13.5. The molecule has 0 bridgehead atoms. The average Bonchev–Trinajstić information content (AvgIpc) is 2.20. The zero-order valence-electron chi connectivity index (χ0n) is 10.9. The number of rotatable bonds is 8. The monoisotopic (exact) mass is 266 g/mol. The molecule has 0 aromatic rings. The van der Waals surface area contributed by atoms with Crippen LogP contribution in [0.1, 0.15) is 13.8 Å². The predicted octanol–water partition coefficient (Wildman–Crippen LogP) is -0.333. The Balaban J connectivity index is 4.14. The molecule has 0 radical (unpaired) electrons. The van der Waals surface area contributed by atoms with Gasteiger partial charge in [0, 0.05) is 32.7 Å². The molecule has 0 aromatic carbocycles. The van der Waals surface area contributed by atoms with Gasteiger partial charge in [0.2, 0.25) is 15.9 Å². The predicted molar refractivity (Wildman–Crippen MR) is 66.1 cm³/mol. The van der Waals surface area contributed by atoms with Crippen molar-refractivity contribution in [3.8, 4) is 0 Å². The summed E-state index contributed by atoms with van der Waals surface area (Å²) in [6, 6.07) is 0. The molecule has 7 heteroatoms. The van der Waals surface area contributed by atoms with Crippen LogP contribution in [-0.4, -0.2) is 58.2 Å². The van der Waals surface area contributed by atoms with E-state index in [4.69, 9.17) is 4.74 Å². The Morgan fingerprint density at radius 3 is 2.35 bits per heavy atom. The van der Waals surface area contributed by atoms with Crippen LogP contribution in [0.4, 0.5) is 0 Å². The average molecular weight is 266 g/mol. The standard InChI is InChI=1S/C10H22N2O4S/c1-9(2)10(13)11-5-6-12(7-8-16-3)17(4,14)15/h9H,5-8H2,1-4H3,(H,11,13). The van der Waals surface area contributed by atoms with Gasteiger partial charge in [-0.1, -0.05) is 13.8 Å². The number of carbonyl (C=O) groups is 1. The molecule has 0 saturated heterocycles. The van der Waals surface area contributed by atoms with Crippen LogP contribution >= 0.6 is 0 Å². The Labute approximate surface area is 103 Å². The minimum Gasteiger partial charge on any atom is -0.383 e. The summed E-state index contributed by atoms with van der Waals surface area (Å²) in [5.74, 6) is -0.175. The normalized spacial score (nSPS) is 12.1. The highest BCUT2D eigenvalue weighted by atomic mass is 32.2. The molecule has 0 atom stereocenters. The molecule has 0 fully saturated rings. The Morgan fingerprint density at radius 2 is 1.94 bits per heavy atom. The number of nitrogens with one attached hydrogen (secondary N) is 1. The molecule has 0 spiro atoms. The van der Waals surface area contributed by atoms with Crippen molar-refractivity contribution in [1.82, 2.24) is 9.62 Å². The van der Waals surface area contributed by atoms with Crippen LogP contribution < -0.4 is 5.32 Å². The number of hydrogen-bond donors (Lipinski definition) is 1. The summed E-state index contributed by atoms with van der Waals surface area (Å²) in [7, 11) is -1.74. The van der Waals surface area contributed by atoms with Crippen molar-refractivity contribution in [3.05, 3.63) is 0 Å². The van der Waals surface area contributed by atoms with Gasteiger partial charge >= 0.3 is 0 Å². The van der Waals surface area contributed by atoms with Gasteiger partial charge < -0.3 is 10.1 Å². The van der Waals surface area contributed by atoms with E-state index in [1.807, 2.05) is 0 Å². The van der Waals surface area contributed by atoms with Crippen molar-refractivity contribution in [2.24, 2.45) is 5.92 Å². The first kappa shape index (κ1) is 16.3. The van der Waals surface area contributed by atoms with Gasteiger partial charge in [-0.15, -0.1) is 0 Å². The fraction of sp³-hybridized carbons (Fsp3) is 0.900. The highest BCUT2D eigenvalue weighted by Gasteiger charge is 2.16. The van der Waals surface area contributed by atoms with Gasteiger partial charge in [-0.05, 0) is 0 Å². The molecule has 0 aliphatic carbocycles. The lowest BCUT2D eigenvalue weighted by Gasteiger charge is -2.19. The van der Waals surface area contributed by atoms with E-state index < -0.39 is 10.0 Å². The summed E-state index contributed by atoms with van der Waals surface area (Å²) in [6.45, 7) is 4.79. The maximum absolute atomic E-state index is 11.4. The molecule has 0 unspecified atom stereocenters. The molecule has 17 heavy (non-hydrogen) atoms. The van der Waals surface area contributed by atoms with E-state index in [-0.39, 0.29) is 18.4 Å². The molecular weight excluding hydrogens is 244 g/mol. The van der Waals surface area contributed by atoms with Crippen LogP contribution in [0.5, 0.6) is 0 Å². The van der Waals surface area contributed by atoms with E-state index in [0.29, 0.717) is 19.7 Å². The van der Waals surface area contributed by atoms with Gasteiger partial charge in [-0.25, -0.2) is 8.42 Å². The fourth-order valence-corrected chi connectivity index (χ4v) is 1.97. The van der Waals surface area contributed by atoms with E-state index in [1.165, 1.54) is 11.4 Å². The van der Waals surface area contributed by atoms with E-state index in [0.717, 1.165) is 6.26 Å². The molecule has 6 nitrogen and oxygen atoms in total. The van der Waals surface area contributed by atoms with E-state index in [9.17, 15) is 13.2 Å². The van der Waals surface area contributed by atoms with Gasteiger partial charge in [0.25, 0.3) is 0 Å². The molecule has 1 amide bonds. The van der Waals surface area contributed by atoms with Gasteiger partial charge in [-0.2, -0.15) is 4.31 Å². The third-order valence-electron chi connectivity index (χ3n) is 2.20. The van der Waals surface area contributed by atoms with Crippen LogP contribution in [0.3, 0.4) is 0 Å². The number of sulfonamides is 1. The number of ether oxygens (including phenoxy) is 1. The second kappa shape index (κ2) is 7.62. The maximum atomic E-state index is 11.4. The summed E-state index contributed by atoms with van der Waals surface area (Å²) in [6.07, 6.45) is 1.15. The molecule has 1 N–H and O–H groups in total. The quantitative estimate of drug-likeness (QED) is 0.652. The zero-order valence-corrected chi connectivity index (χ0v) is 11.7. The van der Waals surface area contributed by atoms with Gasteiger partial charge in [0.05, 0.1) is 12.9 Å². The van der Waals surface area contributed by atoms with Crippen molar-refractivity contribution < 1.29 is 17.9 Å². The summed E-state index contributed by atoms with van der Waals surface area (Å²) in [5, 5.41) is 2.68. The van der Waals surface area contributed by atoms with E-state index in [2.05, 4.69) is 5.32 Å². The first-order valence-corrected chi connectivity index (χ1v) is 7.35. The third kappa shape index (κ3) is 7.30. The molecular formula is C10H22N2O4S. The minimum absolute atomic E-state index is 0.0785. The van der Waals surface area contributed by atoms with Crippen LogP contribution in [0.2, 0.25) is 0 Å². The van der Waals surface area contributed by atoms with Gasteiger partial charge in [0.15, 0.2) is 0 Å². The molecule has 0 heterocycles. The second-order valence-electron chi connectivity index (χ2n) is 4.10. The second-order valence-corrected chi connectivity index (χ2v) is 6.08. The van der Waals surface area contributed by atoms with Crippen LogP contribution in [0, 0.1) is 5.92 Å². The topological polar surface area (TPSA) is 75.7 Å². The van der Waals surface area contributed by atoms with Crippen molar-refractivity contribution in [3.63, 3.8) is 0 Å². The fourth-order valence-electron chi connectivity index (χ4n) is 1.14. The largest absolute Gasteiger partial charge is 0.383 e. The number of carbonyl (C=O) groups excluding carboxylic acids is 1. The van der Waals surface area contributed by atoms with Crippen molar-refractivity contribution >= 4 is 15.9 Å². The Hall–Kier alpha value is -0.660. The Morgan fingerprint density at radius 1 is 1.35 bits per heavy atom. The highest BCUT2D eigenvalue weighted by Crippen LogP contribution is 1.97. The number of hydrogen-bond acceptors (Lipinski definition) is 4. The first-order chi connectivity index (χ1) is 7.79. The molecule has 0 rings (SSSR count). The van der Waals surface area contributed by atoms with Crippen LogP contribution in [0.25, 0.3) is 0 Å². The lowest BCUT2D eigenvalue weighted by atomic mass is 10.2. The van der Waals surface area contributed by atoms with Crippen LogP contribution in [-0.2, 0) is 19.6 Å². The molecule has 0 aliphatic rings. The third-order valence-corrected chi connectivity index (χ3v) is 3.50. The number of nitrogens with zero attached hydrogens (tertiary/aromatic N) is 1. The SMILES string of the molecule is COCCN(CCNC(=O)C(C)C)S(C)(=O)=O. The smallest absolute Gasteiger partial charge is 0.222 e. The lowest BCUT2D eigenvalue weighted by molar-refractivity contribution is -0.123. The van der Waals surface area contributed by atoms with Gasteiger partial charge in [0.1, 0.15) is 0 Å². The van der Waals surface area contributed by atoms with Crippen molar-refractivity contribution in [1.29, 1.82) is 0 Å². The van der Waals surface area contributed by atoms with Crippen molar-refractivity contribution in [2.75, 3.05) is 39.6 Å². The van der Waals surface area contributed by atoms with E-state index in [1.54, 1.807) is 13.8 Å². The summed E-state index contributed by atoms with van der Waals surface area (Å²) in [4.78, 5) is 11.3. The Kier molecular flexibility index (Phi) is 7.33. The highest BCUT2D eigenvalue weighted by molar-refractivity contribution is 7.88. The summed E-state index contributed by atoms with van der Waals surface area (Å²) < 4.78 is 28.9. The minimum atomic E-state index is -3.25. The molecule has 102 valence electrons.